The number of hydrogen-bond donors (Lipinski definition) is 2. The summed E-state index contributed by atoms with van der Waals surface area (Å²) in [5, 5.41) is 7.49. The molecule has 1 aliphatic carbocycles. The van der Waals surface area contributed by atoms with E-state index in [0.717, 1.165) is 35.3 Å². The van der Waals surface area contributed by atoms with E-state index in [-0.39, 0.29) is 18.0 Å². The maximum Gasteiger partial charge on any atom is 0.335 e. The number of nitrogens with one attached hydrogen (secondary N) is 1. The summed E-state index contributed by atoms with van der Waals surface area (Å²) in [5.74, 6) is 1.40. The zero-order chi connectivity index (χ0) is 28.8. The van der Waals surface area contributed by atoms with E-state index in [2.05, 4.69) is 37.5 Å². The molecule has 12 heteroatoms. The Labute approximate surface area is 240 Å². The van der Waals surface area contributed by atoms with Gasteiger partial charge in [0.1, 0.15) is 17.7 Å². The fourth-order valence-electron chi connectivity index (χ4n) is 5.30. The van der Waals surface area contributed by atoms with Gasteiger partial charge in [0.05, 0.1) is 24.3 Å². The minimum atomic E-state index is -0.138. The number of fused-ring (bicyclic) bond motifs is 2. The van der Waals surface area contributed by atoms with E-state index in [4.69, 9.17) is 20.4 Å². The van der Waals surface area contributed by atoms with Crippen LogP contribution in [0.3, 0.4) is 0 Å². The average molecular weight is 559 g/mol. The summed E-state index contributed by atoms with van der Waals surface area (Å²) in [4.78, 5) is 35.4. The van der Waals surface area contributed by atoms with Crippen molar-refractivity contribution in [3.05, 3.63) is 95.7 Å². The molecule has 0 unspecified atom stereocenters. The molecular formula is C30H26N10O2. The maximum atomic E-state index is 12.9. The number of nitrogens with zero attached hydrogens (tertiary/aromatic N) is 8. The van der Waals surface area contributed by atoms with Gasteiger partial charge in [-0.25, -0.2) is 15.0 Å². The molecule has 0 aliphatic heterocycles. The Morgan fingerprint density at radius 1 is 1.07 bits per heavy atom. The number of imidazole rings is 1. The molecule has 12 nitrogen and oxygen atoms in total. The van der Waals surface area contributed by atoms with Crippen LogP contribution in [0.5, 0.6) is 6.01 Å². The molecule has 42 heavy (non-hydrogen) atoms. The molecule has 208 valence electrons. The molecule has 1 aliphatic rings. The van der Waals surface area contributed by atoms with Crippen LogP contribution < -0.4 is 15.8 Å². The fourth-order valence-corrected chi connectivity index (χ4v) is 5.30. The van der Waals surface area contributed by atoms with Crippen LogP contribution in [0, 0.1) is 6.92 Å². The van der Waals surface area contributed by atoms with E-state index in [1.165, 1.54) is 7.11 Å². The Balaban J connectivity index is 1.31. The van der Waals surface area contributed by atoms with Gasteiger partial charge in [-0.2, -0.15) is 9.67 Å². The van der Waals surface area contributed by atoms with Gasteiger partial charge in [0.25, 0.3) is 5.91 Å². The van der Waals surface area contributed by atoms with Gasteiger partial charge < -0.3 is 15.8 Å². The number of amides is 1. The number of hydrogen-bond acceptors (Lipinski definition) is 9. The number of methoxy groups -OCH3 is 1. The number of pyridine rings is 3. The summed E-state index contributed by atoms with van der Waals surface area (Å²) in [6.45, 7) is 1.89. The quantitative estimate of drug-likeness (QED) is 0.311. The molecule has 0 saturated heterocycles. The molecule has 0 fully saturated rings. The number of carbonyl (C=O) groups excluding carboxylic acids is 1. The van der Waals surface area contributed by atoms with Gasteiger partial charge in [0.2, 0.25) is 0 Å². The van der Waals surface area contributed by atoms with E-state index >= 15 is 0 Å². The lowest BCUT2D eigenvalue weighted by Gasteiger charge is -2.16. The highest BCUT2D eigenvalue weighted by atomic mass is 16.5. The van der Waals surface area contributed by atoms with Crippen LogP contribution in [-0.2, 0) is 6.42 Å². The fraction of sp³-hybridized carbons (Fsp3) is 0.167. The molecule has 1 amide bonds. The molecule has 1 atom stereocenters. The number of nitrogen functional groups attached to an aromatic ring is 1. The van der Waals surface area contributed by atoms with Gasteiger partial charge in [-0.05, 0) is 79.4 Å². The largest absolute Gasteiger partial charge is 0.466 e. The van der Waals surface area contributed by atoms with Crippen molar-refractivity contribution in [3.8, 4) is 28.9 Å². The third-order valence-corrected chi connectivity index (χ3v) is 7.40. The number of anilines is 1. The van der Waals surface area contributed by atoms with Crippen LogP contribution >= 0.6 is 0 Å². The van der Waals surface area contributed by atoms with Crippen LogP contribution in [-0.4, -0.2) is 52.3 Å². The Morgan fingerprint density at radius 3 is 2.76 bits per heavy atom. The number of aryl methyl sites for hydroxylation is 2. The molecule has 5 aromatic heterocycles. The number of aromatic nitrogens is 8. The second-order valence-electron chi connectivity index (χ2n) is 10.0. The Kier molecular flexibility index (Phi) is 6.07. The van der Waals surface area contributed by atoms with Gasteiger partial charge in [-0.3, -0.25) is 14.3 Å². The van der Waals surface area contributed by atoms with Crippen molar-refractivity contribution >= 4 is 22.9 Å². The van der Waals surface area contributed by atoms with Crippen LogP contribution in [0.15, 0.2) is 73.3 Å². The van der Waals surface area contributed by atoms with Crippen molar-refractivity contribution in [2.45, 2.75) is 25.8 Å². The smallest absolute Gasteiger partial charge is 0.335 e. The Bertz CT molecular complexity index is 1960. The lowest BCUT2D eigenvalue weighted by Crippen LogP contribution is -2.27. The first kappa shape index (κ1) is 25.3. The average Bonchev–Trinajstić information content (AvgIpc) is 3.74. The highest BCUT2D eigenvalue weighted by Gasteiger charge is 2.26. The van der Waals surface area contributed by atoms with Crippen LogP contribution in [0.4, 0.5) is 5.82 Å². The lowest BCUT2D eigenvalue weighted by molar-refractivity contribution is 0.0936. The van der Waals surface area contributed by atoms with Crippen LogP contribution in [0.1, 0.15) is 39.6 Å². The summed E-state index contributed by atoms with van der Waals surface area (Å²) in [7, 11) is 1.51. The zero-order valence-electron chi connectivity index (χ0n) is 22.9. The SMILES string of the molecule is COc1ncn(-c2ccc3nc(-c4cccnc4N)n(-c4ccc5c(c4)CC[C@@H]5NC(=O)c4ccc(C)nc4)c3n2)n1. The first-order valence-electron chi connectivity index (χ1n) is 13.4. The zero-order valence-corrected chi connectivity index (χ0v) is 22.9. The Morgan fingerprint density at radius 2 is 1.98 bits per heavy atom. The molecule has 0 radical (unpaired) electrons. The number of benzene rings is 1. The standard InChI is InChI=1S/C30H26N10O2/c1-17-5-6-19(15-33-17)29(41)36-23-10-7-18-14-20(8-9-21(18)23)40-27(22-4-3-13-32-26(22)31)35-24-11-12-25(37-28(24)40)39-16-34-30(38-39)42-2/h3-6,8-9,11-16,23H,7,10H2,1-2H3,(H2,31,32)(H,36,41)/t23-/m0/s1. The monoisotopic (exact) mass is 558 g/mol. The minimum absolute atomic E-state index is 0.0946. The predicted octanol–water partition coefficient (Wildman–Crippen LogP) is 3.77. The van der Waals surface area contributed by atoms with Gasteiger partial charge in [-0.15, -0.1) is 5.10 Å². The van der Waals surface area contributed by atoms with Crippen LogP contribution in [0.25, 0.3) is 34.1 Å². The summed E-state index contributed by atoms with van der Waals surface area (Å²) in [6, 6.07) is 17.4. The summed E-state index contributed by atoms with van der Waals surface area (Å²) < 4.78 is 8.66. The molecule has 0 spiro atoms. The molecule has 5 heterocycles. The number of ether oxygens (including phenoxy) is 1. The van der Waals surface area contributed by atoms with Crippen molar-refractivity contribution in [3.63, 3.8) is 0 Å². The minimum Gasteiger partial charge on any atom is -0.466 e. The van der Waals surface area contributed by atoms with E-state index in [9.17, 15) is 4.79 Å². The molecule has 7 rings (SSSR count). The first-order valence-corrected chi connectivity index (χ1v) is 13.4. The second-order valence-corrected chi connectivity index (χ2v) is 10.0. The van der Waals surface area contributed by atoms with E-state index < -0.39 is 0 Å². The second kappa shape index (κ2) is 10.1. The van der Waals surface area contributed by atoms with Crippen molar-refractivity contribution in [2.75, 3.05) is 12.8 Å². The van der Waals surface area contributed by atoms with Crippen molar-refractivity contribution < 1.29 is 9.53 Å². The summed E-state index contributed by atoms with van der Waals surface area (Å²) in [6.07, 6.45) is 6.42. The lowest BCUT2D eigenvalue weighted by atomic mass is 10.1. The molecular weight excluding hydrogens is 532 g/mol. The molecule has 3 N–H and O–H groups in total. The van der Waals surface area contributed by atoms with E-state index in [1.807, 2.05) is 47.9 Å². The maximum absolute atomic E-state index is 12.9. The van der Waals surface area contributed by atoms with E-state index in [1.54, 1.807) is 29.5 Å². The highest BCUT2D eigenvalue weighted by molar-refractivity contribution is 5.94. The van der Waals surface area contributed by atoms with Gasteiger partial charge >= 0.3 is 6.01 Å². The van der Waals surface area contributed by atoms with Crippen molar-refractivity contribution in [1.29, 1.82) is 0 Å². The van der Waals surface area contributed by atoms with Crippen LogP contribution in [0.2, 0.25) is 0 Å². The van der Waals surface area contributed by atoms with Gasteiger partial charge in [0, 0.05) is 23.8 Å². The molecule has 0 saturated carbocycles. The molecule has 6 aromatic rings. The van der Waals surface area contributed by atoms with Gasteiger partial charge in [-0.1, -0.05) is 6.07 Å². The molecule has 0 bridgehead atoms. The Hall–Kier alpha value is -5.65. The third kappa shape index (κ3) is 4.38. The topological polar surface area (TPSA) is 152 Å². The first-order chi connectivity index (χ1) is 20.5. The number of carbonyl (C=O) groups is 1. The number of rotatable bonds is 6. The van der Waals surface area contributed by atoms with Crippen molar-refractivity contribution in [1.82, 2.24) is 44.6 Å². The summed E-state index contributed by atoms with van der Waals surface area (Å²) >= 11 is 0. The summed E-state index contributed by atoms with van der Waals surface area (Å²) in [5.41, 5.74) is 12.8. The number of nitrogens with two attached hydrogens (primary N) is 1. The van der Waals surface area contributed by atoms with Gasteiger partial charge in [0.15, 0.2) is 17.3 Å². The highest BCUT2D eigenvalue weighted by Crippen LogP contribution is 2.36. The normalized spacial score (nSPS) is 14.2. The molecule has 1 aromatic carbocycles. The predicted molar refractivity (Wildman–Crippen MR) is 155 cm³/mol. The van der Waals surface area contributed by atoms with Crippen molar-refractivity contribution in [2.24, 2.45) is 0 Å². The van der Waals surface area contributed by atoms with E-state index in [0.29, 0.717) is 39.8 Å². The third-order valence-electron chi connectivity index (χ3n) is 7.40.